The van der Waals surface area contributed by atoms with E-state index in [1.807, 2.05) is 0 Å². The summed E-state index contributed by atoms with van der Waals surface area (Å²) < 4.78 is 5.85. The number of rotatable bonds is 8. The molecule has 3 heteroatoms. The molecule has 1 atom stereocenters. The molecule has 1 aromatic carbocycles. The molecule has 1 radical (unpaired) electrons. The van der Waals surface area contributed by atoms with Gasteiger partial charge < -0.3 is 14.5 Å². The molecule has 1 fully saturated rings. The molecule has 1 aromatic rings. The van der Waals surface area contributed by atoms with Crippen molar-refractivity contribution in [3.63, 3.8) is 0 Å². The number of hydrogen-bond acceptors (Lipinski definition) is 3. The van der Waals surface area contributed by atoms with Crippen LogP contribution in [-0.4, -0.2) is 56.2 Å². The number of ether oxygens (including phenoxy) is 1. The Kier molecular flexibility index (Phi) is 7.20. The van der Waals surface area contributed by atoms with E-state index < -0.39 is 0 Å². The van der Waals surface area contributed by atoms with Gasteiger partial charge in [-0.1, -0.05) is 32.4 Å². The Morgan fingerprint density at radius 1 is 1.14 bits per heavy atom. The van der Waals surface area contributed by atoms with E-state index in [9.17, 15) is 0 Å². The van der Waals surface area contributed by atoms with Crippen LogP contribution in [0.3, 0.4) is 0 Å². The maximum atomic E-state index is 5.85. The predicted molar refractivity (Wildman–Crippen MR) is 93.3 cm³/mol. The van der Waals surface area contributed by atoms with Gasteiger partial charge in [0.25, 0.3) is 0 Å². The summed E-state index contributed by atoms with van der Waals surface area (Å²) in [4.78, 5) is 4.90. The Morgan fingerprint density at radius 3 is 2.45 bits per heavy atom. The fourth-order valence-corrected chi connectivity index (χ4v) is 2.78. The summed E-state index contributed by atoms with van der Waals surface area (Å²) in [6.45, 7) is 11.0. The molecule has 2 rings (SSSR count). The Balaban J connectivity index is 1.70. The van der Waals surface area contributed by atoms with E-state index in [1.165, 1.54) is 44.6 Å². The van der Waals surface area contributed by atoms with Gasteiger partial charge in [-0.25, -0.2) is 0 Å². The van der Waals surface area contributed by atoms with Crippen LogP contribution in [0, 0.1) is 12.3 Å². The number of benzene rings is 1. The van der Waals surface area contributed by atoms with Crippen LogP contribution in [0.25, 0.3) is 0 Å². The summed E-state index contributed by atoms with van der Waals surface area (Å²) in [7, 11) is 2.20. The Labute approximate surface area is 136 Å². The molecule has 123 valence electrons. The van der Waals surface area contributed by atoms with Gasteiger partial charge in [-0.05, 0) is 37.1 Å². The molecule has 0 N–H and O–H groups in total. The zero-order valence-corrected chi connectivity index (χ0v) is 14.4. The lowest BCUT2D eigenvalue weighted by molar-refractivity contribution is 0.164. The summed E-state index contributed by atoms with van der Waals surface area (Å²) in [5.74, 6) is 1.62. The number of hydrogen-bond donors (Lipinski definition) is 0. The minimum Gasteiger partial charge on any atom is -0.493 e. The molecular formula is C19H31N2O. The fraction of sp³-hybridized carbons (Fsp3) is 0.632. The van der Waals surface area contributed by atoms with Gasteiger partial charge in [-0.3, -0.25) is 0 Å². The zero-order chi connectivity index (χ0) is 15.8. The highest BCUT2D eigenvalue weighted by Gasteiger charge is 2.13. The maximum absolute atomic E-state index is 5.85. The van der Waals surface area contributed by atoms with Gasteiger partial charge in [0.15, 0.2) is 0 Å². The van der Waals surface area contributed by atoms with Crippen LogP contribution in [-0.2, 0) is 0 Å². The van der Waals surface area contributed by atoms with E-state index >= 15 is 0 Å². The lowest BCUT2D eigenvalue weighted by Gasteiger charge is -2.32. The van der Waals surface area contributed by atoms with Crippen LogP contribution in [0.5, 0.6) is 5.75 Å². The highest BCUT2D eigenvalue weighted by atomic mass is 16.5. The smallest absolute Gasteiger partial charge is 0.119 e. The lowest BCUT2D eigenvalue weighted by Crippen LogP contribution is -2.44. The minimum atomic E-state index is 0.633. The first kappa shape index (κ1) is 17.3. The zero-order valence-electron chi connectivity index (χ0n) is 14.4. The van der Waals surface area contributed by atoms with Gasteiger partial charge >= 0.3 is 0 Å². The van der Waals surface area contributed by atoms with E-state index in [0.717, 1.165) is 18.9 Å². The molecule has 0 amide bonds. The van der Waals surface area contributed by atoms with Crippen molar-refractivity contribution in [3.05, 3.63) is 36.2 Å². The first-order valence-corrected chi connectivity index (χ1v) is 8.64. The van der Waals surface area contributed by atoms with Gasteiger partial charge in [0.1, 0.15) is 5.75 Å². The standard InChI is InChI=1S/C19H31N2O/c1-4-5-17(2)16-22-19-8-6-18(7-9-19)10-11-21-14-12-20(3)13-15-21/h6-10,17H,4-5,11-16H2,1-3H3/t17-/m1/s1. The molecule has 1 aliphatic rings. The van der Waals surface area contributed by atoms with E-state index in [4.69, 9.17) is 4.74 Å². The van der Waals surface area contributed by atoms with Crippen molar-refractivity contribution in [1.82, 2.24) is 9.80 Å². The third-order valence-electron chi connectivity index (χ3n) is 4.38. The number of likely N-dealkylation sites (N-methyl/N-ethyl adjacent to an activating group) is 1. The van der Waals surface area contributed by atoms with Crippen LogP contribution in [0.15, 0.2) is 24.3 Å². The molecule has 0 unspecified atom stereocenters. The van der Waals surface area contributed by atoms with Crippen molar-refractivity contribution in [2.45, 2.75) is 26.7 Å². The highest BCUT2D eigenvalue weighted by molar-refractivity contribution is 5.31. The van der Waals surface area contributed by atoms with Gasteiger partial charge in [-0.15, -0.1) is 0 Å². The quantitative estimate of drug-likeness (QED) is 0.733. The van der Waals surface area contributed by atoms with Crippen LogP contribution >= 0.6 is 0 Å². The van der Waals surface area contributed by atoms with E-state index in [2.05, 4.69) is 61.4 Å². The molecule has 0 spiro atoms. The van der Waals surface area contributed by atoms with Crippen molar-refractivity contribution < 1.29 is 4.74 Å². The molecule has 1 saturated heterocycles. The topological polar surface area (TPSA) is 15.7 Å². The SMILES string of the molecule is CCC[C@@H](C)COc1ccc([CH]CN2CCN(C)CC2)cc1. The van der Waals surface area contributed by atoms with Gasteiger partial charge in [0, 0.05) is 39.1 Å². The second kappa shape index (κ2) is 9.16. The molecule has 22 heavy (non-hydrogen) atoms. The van der Waals surface area contributed by atoms with Crippen LogP contribution in [0.2, 0.25) is 0 Å². The summed E-state index contributed by atoms with van der Waals surface area (Å²) >= 11 is 0. The summed E-state index contributed by atoms with van der Waals surface area (Å²) in [6.07, 6.45) is 4.77. The van der Waals surface area contributed by atoms with Crippen LogP contribution < -0.4 is 4.74 Å². The van der Waals surface area contributed by atoms with E-state index in [-0.39, 0.29) is 0 Å². The lowest BCUT2D eigenvalue weighted by atomic mass is 10.1. The van der Waals surface area contributed by atoms with Crippen molar-refractivity contribution in [2.24, 2.45) is 5.92 Å². The minimum absolute atomic E-state index is 0.633. The summed E-state index contributed by atoms with van der Waals surface area (Å²) in [5, 5.41) is 0. The number of piperazine rings is 1. The predicted octanol–water partition coefficient (Wildman–Crippen LogP) is 3.30. The van der Waals surface area contributed by atoms with Crippen molar-refractivity contribution in [2.75, 3.05) is 46.4 Å². The van der Waals surface area contributed by atoms with Crippen molar-refractivity contribution >= 4 is 0 Å². The van der Waals surface area contributed by atoms with Crippen molar-refractivity contribution in [1.29, 1.82) is 0 Å². The maximum Gasteiger partial charge on any atom is 0.119 e. The van der Waals surface area contributed by atoms with E-state index in [1.54, 1.807) is 0 Å². The molecule has 0 aliphatic carbocycles. The monoisotopic (exact) mass is 303 g/mol. The van der Waals surface area contributed by atoms with Gasteiger partial charge in [-0.2, -0.15) is 0 Å². The normalized spacial score (nSPS) is 18.3. The van der Waals surface area contributed by atoms with Gasteiger partial charge in [0.05, 0.1) is 6.61 Å². The fourth-order valence-electron chi connectivity index (χ4n) is 2.78. The number of nitrogens with zero attached hydrogens (tertiary/aromatic N) is 2. The molecule has 1 heterocycles. The first-order valence-electron chi connectivity index (χ1n) is 8.64. The summed E-state index contributed by atoms with van der Waals surface area (Å²) in [5.41, 5.74) is 1.29. The average molecular weight is 303 g/mol. The Bertz CT molecular complexity index is 410. The first-order chi connectivity index (χ1) is 10.7. The Hall–Kier alpha value is -1.06. The average Bonchev–Trinajstić information content (AvgIpc) is 2.54. The van der Waals surface area contributed by atoms with E-state index in [0.29, 0.717) is 5.92 Å². The third kappa shape index (κ3) is 5.98. The molecule has 1 aliphatic heterocycles. The Morgan fingerprint density at radius 2 is 1.82 bits per heavy atom. The largest absolute Gasteiger partial charge is 0.493 e. The second-order valence-corrected chi connectivity index (χ2v) is 6.58. The molecule has 0 bridgehead atoms. The third-order valence-corrected chi connectivity index (χ3v) is 4.38. The highest BCUT2D eigenvalue weighted by Crippen LogP contribution is 2.16. The molecule has 0 aromatic heterocycles. The molecule has 0 saturated carbocycles. The van der Waals surface area contributed by atoms with Crippen LogP contribution in [0.1, 0.15) is 32.3 Å². The summed E-state index contributed by atoms with van der Waals surface area (Å²) in [6, 6.07) is 8.51. The molecular weight excluding hydrogens is 272 g/mol. The van der Waals surface area contributed by atoms with Crippen molar-refractivity contribution in [3.8, 4) is 5.75 Å². The van der Waals surface area contributed by atoms with Crippen LogP contribution in [0.4, 0.5) is 0 Å². The van der Waals surface area contributed by atoms with Gasteiger partial charge in [0.2, 0.25) is 0 Å². The molecule has 3 nitrogen and oxygen atoms in total. The second-order valence-electron chi connectivity index (χ2n) is 6.58.